The first-order valence-corrected chi connectivity index (χ1v) is 6.42. The standard InChI is InChI=1S/C12H24N2O3/c1-10(12(15)13-8-5-9-16-2)14-17-11-6-3-4-7-11/h10-11,14H,3-9H2,1-2H3,(H,13,15). The van der Waals surface area contributed by atoms with Crippen molar-refractivity contribution >= 4 is 5.91 Å². The van der Waals surface area contributed by atoms with E-state index in [1.54, 1.807) is 14.0 Å². The van der Waals surface area contributed by atoms with Crippen molar-refractivity contribution in [2.75, 3.05) is 20.3 Å². The topological polar surface area (TPSA) is 59.6 Å². The molecule has 0 saturated heterocycles. The molecule has 17 heavy (non-hydrogen) atoms. The van der Waals surface area contributed by atoms with Crippen molar-refractivity contribution < 1.29 is 14.4 Å². The largest absolute Gasteiger partial charge is 0.385 e. The Balaban J connectivity index is 2.04. The van der Waals surface area contributed by atoms with Gasteiger partial charge in [-0.1, -0.05) is 12.8 Å². The van der Waals surface area contributed by atoms with Crippen LogP contribution in [0.3, 0.4) is 0 Å². The minimum Gasteiger partial charge on any atom is -0.385 e. The Labute approximate surface area is 103 Å². The van der Waals surface area contributed by atoms with Gasteiger partial charge >= 0.3 is 0 Å². The van der Waals surface area contributed by atoms with Gasteiger partial charge in [0, 0.05) is 20.3 Å². The maximum atomic E-state index is 11.6. The summed E-state index contributed by atoms with van der Waals surface area (Å²) in [6.07, 6.45) is 5.75. The summed E-state index contributed by atoms with van der Waals surface area (Å²) in [6.45, 7) is 3.11. The van der Waals surface area contributed by atoms with Crippen molar-refractivity contribution in [3.05, 3.63) is 0 Å². The lowest BCUT2D eigenvalue weighted by molar-refractivity contribution is -0.128. The predicted molar refractivity (Wildman–Crippen MR) is 65.4 cm³/mol. The second-order valence-corrected chi connectivity index (χ2v) is 4.50. The average Bonchev–Trinajstić information content (AvgIpc) is 2.84. The van der Waals surface area contributed by atoms with Crippen molar-refractivity contribution in [2.45, 2.75) is 51.2 Å². The van der Waals surface area contributed by atoms with Crippen LogP contribution in [0, 0.1) is 0 Å². The molecule has 0 aromatic rings. The summed E-state index contributed by atoms with van der Waals surface area (Å²) >= 11 is 0. The maximum absolute atomic E-state index is 11.6. The van der Waals surface area contributed by atoms with Crippen LogP contribution < -0.4 is 10.8 Å². The van der Waals surface area contributed by atoms with Crippen LogP contribution in [0.5, 0.6) is 0 Å². The van der Waals surface area contributed by atoms with Gasteiger partial charge in [-0.3, -0.25) is 9.63 Å². The van der Waals surface area contributed by atoms with Gasteiger partial charge in [-0.2, -0.15) is 5.48 Å². The highest BCUT2D eigenvalue weighted by molar-refractivity contribution is 5.81. The molecular formula is C12H24N2O3. The number of hydrogen-bond donors (Lipinski definition) is 2. The lowest BCUT2D eigenvalue weighted by Gasteiger charge is -2.17. The van der Waals surface area contributed by atoms with Crippen LogP contribution in [-0.2, 0) is 14.4 Å². The minimum absolute atomic E-state index is 0.0286. The minimum atomic E-state index is -0.307. The summed E-state index contributed by atoms with van der Waals surface area (Å²) in [5.74, 6) is -0.0286. The highest BCUT2D eigenvalue weighted by Crippen LogP contribution is 2.19. The Morgan fingerprint density at radius 1 is 1.41 bits per heavy atom. The third kappa shape index (κ3) is 6.00. The molecule has 0 radical (unpaired) electrons. The molecule has 2 N–H and O–H groups in total. The molecule has 1 atom stereocenters. The molecule has 0 aromatic heterocycles. The monoisotopic (exact) mass is 244 g/mol. The van der Waals surface area contributed by atoms with Crippen LogP contribution in [0.1, 0.15) is 39.0 Å². The predicted octanol–water partition coefficient (Wildman–Crippen LogP) is 0.991. The molecule has 1 fully saturated rings. The SMILES string of the molecule is COCCCNC(=O)C(C)NOC1CCCC1. The second-order valence-electron chi connectivity index (χ2n) is 4.50. The fourth-order valence-electron chi connectivity index (χ4n) is 1.84. The van der Waals surface area contributed by atoms with Crippen molar-refractivity contribution in [1.82, 2.24) is 10.8 Å². The fraction of sp³-hybridized carbons (Fsp3) is 0.917. The van der Waals surface area contributed by atoms with E-state index < -0.39 is 0 Å². The van der Waals surface area contributed by atoms with Crippen LogP contribution >= 0.6 is 0 Å². The van der Waals surface area contributed by atoms with E-state index in [4.69, 9.17) is 9.57 Å². The average molecular weight is 244 g/mol. The Kier molecular flexibility index (Phi) is 7.16. The van der Waals surface area contributed by atoms with Gasteiger partial charge in [-0.05, 0) is 26.2 Å². The van der Waals surface area contributed by atoms with Crippen molar-refractivity contribution in [3.8, 4) is 0 Å². The molecule has 0 bridgehead atoms. The zero-order valence-corrected chi connectivity index (χ0v) is 10.8. The first kappa shape index (κ1) is 14.4. The molecule has 5 heteroatoms. The number of amides is 1. The molecule has 1 saturated carbocycles. The lowest BCUT2D eigenvalue weighted by Crippen LogP contribution is -2.43. The summed E-state index contributed by atoms with van der Waals surface area (Å²) in [5, 5.41) is 2.83. The lowest BCUT2D eigenvalue weighted by atomic mass is 10.3. The van der Waals surface area contributed by atoms with E-state index >= 15 is 0 Å². The van der Waals surface area contributed by atoms with Gasteiger partial charge in [0.25, 0.3) is 0 Å². The number of hydrogen-bond acceptors (Lipinski definition) is 4. The zero-order valence-electron chi connectivity index (χ0n) is 10.8. The highest BCUT2D eigenvalue weighted by Gasteiger charge is 2.18. The molecule has 0 spiro atoms. The van der Waals surface area contributed by atoms with E-state index in [1.807, 2.05) is 0 Å². The van der Waals surface area contributed by atoms with E-state index in [1.165, 1.54) is 12.8 Å². The van der Waals surface area contributed by atoms with Gasteiger partial charge in [-0.15, -0.1) is 0 Å². The van der Waals surface area contributed by atoms with E-state index in [9.17, 15) is 4.79 Å². The van der Waals surface area contributed by atoms with E-state index in [0.29, 0.717) is 13.2 Å². The van der Waals surface area contributed by atoms with E-state index in [2.05, 4.69) is 10.8 Å². The summed E-state index contributed by atoms with van der Waals surface area (Å²) in [4.78, 5) is 17.1. The van der Waals surface area contributed by atoms with Crippen molar-refractivity contribution in [1.29, 1.82) is 0 Å². The number of hydroxylamine groups is 1. The van der Waals surface area contributed by atoms with E-state index in [-0.39, 0.29) is 18.1 Å². The molecular weight excluding hydrogens is 220 g/mol. The van der Waals surface area contributed by atoms with E-state index in [0.717, 1.165) is 19.3 Å². The quantitative estimate of drug-likeness (QED) is 0.494. The number of carbonyl (C=O) groups is 1. The summed E-state index contributed by atoms with van der Waals surface area (Å²) in [5.41, 5.74) is 2.82. The van der Waals surface area contributed by atoms with Gasteiger partial charge in [0.1, 0.15) is 6.04 Å². The van der Waals surface area contributed by atoms with Gasteiger partial charge in [0.05, 0.1) is 6.10 Å². The highest BCUT2D eigenvalue weighted by atomic mass is 16.7. The molecule has 5 nitrogen and oxygen atoms in total. The van der Waals surface area contributed by atoms with Gasteiger partial charge in [0.15, 0.2) is 0 Å². The number of methoxy groups -OCH3 is 1. The Hall–Kier alpha value is -0.650. The third-order valence-corrected chi connectivity index (χ3v) is 2.93. The smallest absolute Gasteiger partial charge is 0.239 e. The van der Waals surface area contributed by atoms with Crippen molar-refractivity contribution in [2.24, 2.45) is 0 Å². The molecule has 0 heterocycles. The number of rotatable bonds is 8. The summed E-state index contributed by atoms with van der Waals surface area (Å²) in [7, 11) is 1.65. The van der Waals surface area contributed by atoms with Gasteiger partial charge in [0.2, 0.25) is 5.91 Å². The first-order valence-electron chi connectivity index (χ1n) is 6.42. The third-order valence-electron chi connectivity index (χ3n) is 2.93. The Morgan fingerprint density at radius 2 is 2.12 bits per heavy atom. The normalized spacial score (nSPS) is 18.2. The molecule has 1 aliphatic rings. The second kappa shape index (κ2) is 8.44. The van der Waals surface area contributed by atoms with Crippen LogP contribution in [0.25, 0.3) is 0 Å². The molecule has 1 rings (SSSR count). The molecule has 1 aliphatic carbocycles. The Morgan fingerprint density at radius 3 is 2.76 bits per heavy atom. The summed E-state index contributed by atoms with van der Waals surface area (Å²) in [6, 6.07) is -0.307. The molecule has 1 unspecified atom stereocenters. The number of nitrogens with one attached hydrogen (secondary N) is 2. The molecule has 1 amide bonds. The molecule has 0 aromatic carbocycles. The zero-order chi connectivity index (χ0) is 12.5. The number of carbonyl (C=O) groups excluding carboxylic acids is 1. The first-order chi connectivity index (χ1) is 8.24. The molecule has 0 aliphatic heterocycles. The van der Waals surface area contributed by atoms with Crippen LogP contribution in [0.2, 0.25) is 0 Å². The maximum Gasteiger partial charge on any atom is 0.239 e. The fourth-order valence-corrected chi connectivity index (χ4v) is 1.84. The van der Waals surface area contributed by atoms with Gasteiger partial charge in [-0.25, -0.2) is 0 Å². The molecule has 100 valence electrons. The summed E-state index contributed by atoms with van der Waals surface area (Å²) < 4.78 is 4.91. The van der Waals surface area contributed by atoms with Gasteiger partial charge < -0.3 is 10.1 Å². The number of ether oxygens (including phenoxy) is 1. The van der Waals surface area contributed by atoms with Crippen LogP contribution in [-0.4, -0.2) is 38.3 Å². The van der Waals surface area contributed by atoms with Crippen molar-refractivity contribution in [3.63, 3.8) is 0 Å². The van der Waals surface area contributed by atoms with Crippen LogP contribution in [0.15, 0.2) is 0 Å². The van der Waals surface area contributed by atoms with Crippen LogP contribution in [0.4, 0.5) is 0 Å². The Bertz CT molecular complexity index is 218.